The molecule has 2 aliphatic heterocycles. The van der Waals surface area contributed by atoms with Crippen molar-refractivity contribution in [2.45, 2.75) is 19.4 Å². The third kappa shape index (κ3) is 6.71. The molecule has 170 valence electrons. The monoisotopic (exact) mass is 558 g/mol. The van der Waals surface area contributed by atoms with E-state index in [4.69, 9.17) is 19.2 Å². The standard InChI is InChI=1S/C22H30N4O3S.HI/c1-2-23-22(25-17-6-7-19-20(15-17)29-11-4-10-28-19)24-16-18(21-5-3-14-30-21)26-8-12-27-13-9-26;/h3,5-7,14-15,18H,2,4,8-13,16H2,1H3,(H2,23,24,25);1H. The first kappa shape index (κ1) is 24.1. The number of rotatable bonds is 6. The average Bonchev–Trinajstić information content (AvgIpc) is 3.20. The Hall–Kier alpha value is -1.56. The highest BCUT2D eigenvalue weighted by molar-refractivity contribution is 14.0. The number of guanidine groups is 1. The SMILES string of the molecule is CCNC(=NCC(c1cccs1)N1CCOCC1)Nc1ccc2c(c1)OCCCO2.I. The Labute approximate surface area is 205 Å². The molecular formula is C22H31IN4O3S. The lowest BCUT2D eigenvalue weighted by Crippen LogP contribution is -2.40. The van der Waals surface area contributed by atoms with Crippen LogP contribution in [0.5, 0.6) is 11.5 Å². The molecule has 1 aromatic heterocycles. The maximum atomic E-state index is 5.81. The molecule has 2 aromatic rings. The van der Waals surface area contributed by atoms with Gasteiger partial charge in [-0.25, -0.2) is 0 Å². The molecule has 0 radical (unpaired) electrons. The normalized spacial score (nSPS) is 17.9. The molecular weight excluding hydrogens is 527 g/mol. The molecule has 1 atom stereocenters. The second-order valence-corrected chi connectivity index (χ2v) is 8.22. The van der Waals surface area contributed by atoms with Crippen LogP contribution in [0.25, 0.3) is 0 Å². The highest BCUT2D eigenvalue weighted by Crippen LogP contribution is 2.32. The summed E-state index contributed by atoms with van der Waals surface area (Å²) >= 11 is 1.79. The lowest BCUT2D eigenvalue weighted by molar-refractivity contribution is 0.0187. The van der Waals surface area contributed by atoms with Gasteiger partial charge < -0.3 is 24.8 Å². The van der Waals surface area contributed by atoms with Gasteiger partial charge >= 0.3 is 0 Å². The van der Waals surface area contributed by atoms with E-state index in [1.807, 2.05) is 18.2 Å². The number of thiophene rings is 1. The molecule has 3 heterocycles. The summed E-state index contributed by atoms with van der Waals surface area (Å²) in [7, 11) is 0. The molecule has 0 bridgehead atoms. The van der Waals surface area contributed by atoms with Crippen LogP contribution in [-0.2, 0) is 4.74 Å². The number of anilines is 1. The summed E-state index contributed by atoms with van der Waals surface area (Å²) in [5.74, 6) is 2.34. The van der Waals surface area contributed by atoms with Gasteiger partial charge in [0.15, 0.2) is 17.5 Å². The van der Waals surface area contributed by atoms with Crippen LogP contribution in [0.4, 0.5) is 5.69 Å². The van der Waals surface area contributed by atoms with Crippen molar-refractivity contribution in [3.05, 3.63) is 40.6 Å². The Balaban J connectivity index is 0.00000272. The zero-order chi connectivity index (χ0) is 20.6. The molecule has 0 amide bonds. The summed E-state index contributed by atoms with van der Waals surface area (Å²) in [5, 5.41) is 8.90. The average molecular weight is 558 g/mol. The molecule has 2 aliphatic rings. The second kappa shape index (κ2) is 12.5. The third-order valence-electron chi connectivity index (χ3n) is 5.13. The van der Waals surface area contributed by atoms with Gasteiger partial charge in [-0.2, -0.15) is 0 Å². The Morgan fingerprint density at radius 2 is 1.94 bits per heavy atom. The summed E-state index contributed by atoms with van der Waals surface area (Å²) in [6, 6.07) is 10.5. The fourth-order valence-electron chi connectivity index (χ4n) is 3.62. The Kier molecular flexibility index (Phi) is 9.69. The lowest BCUT2D eigenvalue weighted by atomic mass is 10.2. The summed E-state index contributed by atoms with van der Waals surface area (Å²) in [6.07, 6.45) is 0.896. The number of morpholine rings is 1. The van der Waals surface area contributed by atoms with Crippen LogP contribution in [0.2, 0.25) is 0 Å². The first-order chi connectivity index (χ1) is 14.8. The van der Waals surface area contributed by atoms with Crippen LogP contribution >= 0.6 is 35.3 Å². The van der Waals surface area contributed by atoms with Crippen molar-refractivity contribution in [1.29, 1.82) is 0 Å². The molecule has 4 rings (SSSR count). The minimum Gasteiger partial charge on any atom is -0.490 e. The second-order valence-electron chi connectivity index (χ2n) is 7.24. The van der Waals surface area contributed by atoms with Crippen molar-refractivity contribution in [3.63, 3.8) is 0 Å². The number of benzene rings is 1. The third-order valence-corrected chi connectivity index (χ3v) is 6.11. The predicted octanol–water partition coefficient (Wildman–Crippen LogP) is 3.98. The van der Waals surface area contributed by atoms with Crippen molar-refractivity contribution in [3.8, 4) is 11.5 Å². The maximum absolute atomic E-state index is 5.81. The van der Waals surface area contributed by atoms with Crippen molar-refractivity contribution in [1.82, 2.24) is 10.2 Å². The summed E-state index contributed by atoms with van der Waals surface area (Å²) < 4.78 is 17.1. The number of hydrogen-bond donors (Lipinski definition) is 2. The minimum absolute atomic E-state index is 0. The van der Waals surface area contributed by atoms with E-state index in [0.29, 0.717) is 19.8 Å². The van der Waals surface area contributed by atoms with Crippen LogP contribution < -0.4 is 20.1 Å². The molecule has 1 unspecified atom stereocenters. The summed E-state index contributed by atoms with van der Waals surface area (Å²) in [6.45, 7) is 8.33. The molecule has 9 heteroatoms. The fourth-order valence-corrected chi connectivity index (χ4v) is 4.47. The van der Waals surface area contributed by atoms with E-state index in [0.717, 1.165) is 62.4 Å². The van der Waals surface area contributed by atoms with Gasteiger partial charge in [0.2, 0.25) is 0 Å². The van der Waals surface area contributed by atoms with Gasteiger partial charge in [-0.15, -0.1) is 35.3 Å². The van der Waals surface area contributed by atoms with Gasteiger partial charge in [-0.1, -0.05) is 6.07 Å². The molecule has 0 aliphatic carbocycles. The van der Waals surface area contributed by atoms with E-state index in [1.54, 1.807) is 11.3 Å². The zero-order valence-electron chi connectivity index (χ0n) is 17.8. The van der Waals surface area contributed by atoms with Crippen molar-refractivity contribution in [2.24, 2.45) is 4.99 Å². The van der Waals surface area contributed by atoms with Gasteiger partial charge in [0, 0.05) is 42.7 Å². The van der Waals surface area contributed by atoms with Crippen molar-refractivity contribution >= 4 is 47.0 Å². The molecule has 0 spiro atoms. The number of hydrogen-bond acceptors (Lipinski definition) is 6. The molecule has 1 saturated heterocycles. The van der Waals surface area contributed by atoms with Gasteiger partial charge in [-0.05, 0) is 30.5 Å². The number of nitrogens with one attached hydrogen (secondary N) is 2. The minimum atomic E-state index is 0. The number of ether oxygens (including phenoxy) is 3. The number of fused-ring (bicyclic) bond motifs is 1. The summed E-state index contributed by atoms with van der Waals surface area (Å²) in [5.41, 5.74) is 0.929. The van der Waals surface area contributed by atoms with E-state index < -0.39 is 0 Å². The van der Waals surface area contributed by atoms with E-state index >= 15 is 0 Å². The molecule has 1 aromatic carbocycles. The predicted molar refractivity (Wildman–Crippen MR) is 137 cm³/mol. The van der Waals surface area contributed by atoms with Gasteiger partial charge in [-0.3, -0.25) is 9.89 Å². The highest BCUT2D eigenvalue weighted by Gasteiger charge is 2.23. The topological polar surface area (TPSA) is 67.4 Å². The van der Waals surface area contributed by atoms with Gasteiger partial charge in [0.25, 0.3) is 0 Å². The fraction of sp³-hybridized carbons (Fsp3) is 0.500. The van der Waals surface area contributed by atoms with Gasteiger partial charge in [0.05, 0.1) is 39.0 Å². The Morgan fingerprint density at radius 1 is 1.13 bits per heavy atom. The van der Waals surface area contributed by atoms with Crippen molar-refractivity contribution < 1.29 is 14.2 Å². The Bertz CT molecular complexity index is 828. The number of halogens is 1. The first-order valence-corrected chi connectivity index (χ1v) is 11.5. The Morgan fingerprint density at radius 3 is 2.68 bits per heavy atom. The quantitative estimate of drug-likeness (QED) is 0.318. The van der Waals surface area contributed by atoms with Gasteiger partial charge in [0.1, 0.15) is 0 Å². The molecule has 1 fully saturated rings. The summed E-state index contributed by atoms with van der Waals surface area (Å²) in [4.78, 5) is 8.73. The molecule has 31 heavy (non-hydrogen) atoms. The lowest BCUT2D eigenvalue weighted by Gasteiger charge is -2.33. The molecule has 7 nitrogen and oxygen atoms in total. The van der Waals surface area contributed by atoms with Crippen LogP contribution in [0.15, 0.2) is 40.7 Å². The van der Waals surface area contributed by atoms with Crippen LogP contribution in [0.1, 0.15) is 24.3 Å². The zero-order valence-corrected chi connectivity index (χ0v) is 21.0. The maximum Gasteiger partial charge on any atom is 0.195 e. The van der Waals surface area contributed by atoms with E-state index in [-0.39, 0.29) is 30.0 Å². The number of nitrogens with zero attached hydrogens (tertiary/aromatic N) is 2. The van der Waals surface area contributed by atoms with E-state index in [1.165, 1.54) is 4.88 Å². The highest BCUT2D eigenvalue weighted by atomic mass is 127. The first-order valence-electron chi connectivity index (χ1n) is 10.6. The van der Waals surface area contributed by atoms with Crippen LogP contribution in [-0.4, -0.2) is 63.5 Å². The largest absolute Gasteiger partial charge is 0.490 e. The molecule has 2 N–H and O–H groups in total. The van der Waals surface area contributed by atoms with Crippen LogP contribution in [0.3, 0.4) is 0 Å². The van der Waals surface area contributed by atoms with E-state index in [2.05, 4.69) is 40.0 Å². The van der Waals surface area contributed by atoms with E-state index in [9.17, 15) is 0 Å². The van der Waals surface area contributed by atoms with Crippen molar-refractivity contribution in [2.75, 3.05) is 57.9 Å². The smallest absolute Gasteiger partial charge is 0.195 e. The van der Waals surface area contributed by atoms with Crippen LogP contribution in [0, 0.1) is 0 Å². The number of aliphatic imine (C=N–C) groups is 1. The molecule has 0 saturated carbocycles.